The van der Waals surface area contributed by atoms with Gasteiger partial charge in [-0.25, -0.2) is 0 Å². The summed E-state index contributed by atoms with van der Waals surface area (Å²) in [6.45, 7) is 3.98. The van der Waals surface area contributed by atoms with Crippen molar-refractivity contribution in [3.05, 3.63) is 108 Å². The Hall–Kier alpha value is -2.34. The average Bonchev–Trinajstić information content (AvgIpc) is 2.52. The Morgan fingerprint density at radius 1 is 0.700 bits per heavy atom. The molecule has 0 saturated heterocycles. The molecule has 0 spiro atoms. The van der Waals surface area contributed by atoms with Gasteiger partial charge >= 0.3 is 0 Å². The smallest absolute Gasteiger partial charge is 0.0187 e. The summed E-state index contributed by atoms with van der Waals surface area (Å²) in [5.74, 6) is 0.739. The summed E-state index contributed by atoms with van der Waals surface area (Å²) >= 11 is 0. The monoisotopic (exact) mass is 258 g/mol. The molecule has 1 aliphatic rings. The number of hydrogen-bond acceptors (Lipinski definition) is 0. The first-order chi connectivity index (χ1) is 9.84. The van der Waals surface area contributed by atoms with E-state index in [2.05, 4.69) is 91.5 Å². The number of rotatable bonds is 3. The second-order valence-corrected chi connectivity index (χ2v) is 5.17. The van der Waals surface area contributed by atoms with Crippen molar-refractivity contribution < 1.29 is 0 Å². The van der Waals surface area contributed by atoms with Gasteiger partial charge in [0.2, 0.25) is 0 Å². The van der Waals surface area contributed by atoms with Crippen molar-refractivity contribution in [1.29, 1.82) is 0 Å². The van der Waals surface area contributed by atoms with Crippen molar-refractivity contribution in [2.45, 2.75) is 5.92 Å². The van der Waals surface area contributed by atoms with Crippen molar-refractivity contribution in [2.75, 3.05) is 0 Å². The van der Waals surface area contributed by atoms with Crippen LogP contribution in [-0.2, 0) is 0 Å². The first-order valence-corrected chi connectivity index (χ1v) is 7.00. The Labute approximate surface area is 120 Å². The van der Waals surface area contributed by atoms with Crippen molar-refractivity contribution in [2.24, 2.45) is 5.92 Å². The van der Waals surface area contributed by atoms with Gasteiger partial charge in [-0.2, -0.15) is 0 Å². The summed E-state index contributed by atoms with van der Waals surface area (Å²) < 4.78 is 0. The highest BCUT2D eigenvalue weighted by molar-refractivity contribution is 5.41. The highest BCUT2D eigenvalue weighted by Crippen LogP contribution is 2.35. The summed E-state index contributed by atoms with van der Waals surface area (Å²) in [6, 6.07) is 21.4. The second-order valence-electron chi connectivity index (χ2n) is 5.17. The lowest BCUT2D eigenvalue weighted by Crippen LogP contribution is -2.12. The first kappa shape index (κ1) is 12.7. The van der Waals surface area contributed by atoms with Gasteiger partial charge in [0.25, 0.3) is 0 Å². The summed E-state index contributed by atoms with van der Waals surface area (Å²) in [4.78, 5) is 0. The molecule has 0 fully saturated rings. The van der Waals surface area contributed by atoms with Gasteiger partial charge in [0, 0.05) is 11.8 Å². The maximum Gasteiger partial charge on any atom is 0.0187 e. The van der Waals surface area contributed by atoms with E-state index < -0.39 is 0 Å². The van der Waals surface area contributed by atoms with Crippen LogP contribution in [0.5, 0.6) is 0 Å². The molecule has 0 heterocycles. The fourth-order valence-electron chi connectivity index (χ4n) is 2.77. The molecule has 0 aromatic heterocycles. The third kappa shape index (κ3) is 2.65. The summed E-state index contributed by atoms with van der Waals surface area (Å²) in [7, 11) is 0. The summed E-state index contributed by atoms with van der Waals surface area (Å²) in [6.07, 6.45) is 8.74. The SMILES string of the molecule is C=C1C=CC(C(c2ccccc2)c2ccccc2)C=C1. The van der Waals surface area contributed by atoms with Crippen molar-refractivity contribution in [3.63, 3.8) is 0 Å². The number of benzene rings is 2. The predicted molar refractivity (Wildman–Crippen MR) is 85.6 cm³/mol. The minimum Gasteiger partial charge on any atom is -0.0918 e. The first-order valence-electron chi connectivity index (χ1n) is 7.00. The van der Waals surface area contributed by atoms with Crippen molar-refractivity contribution in [1.82, 2.24) is 0 Å². The lowest BCUT2D eigenvalue weighted by atomic mass is 9.79. The van der Waals surface area contributed by atoms with Gasteiger partial charge in [-0.15, -0.1) is 0 Å². The zero-order chi connectivity index (χ0) is 13.8. The van der Waals surface area contributed by atoms with Gasteiger partial charge in [-0.05, 0) is 16.7 Å². The van der Waals surface area contributed by atoms with E-state index in [0.717, 1.165) is 5.57 Å². The van der Waals surface area contributed by atoms with E-state index in [1.807, 2.05) is 0 Å². The summed E-state index contributed by atoms with van der Waals surface area (Å²) in [5.41, 5.74) is 3.78. The standard InChI is InChI=1S/C20H18/c1-16-12-14-19(15-13-16)20(17-8-4-2-5-9-17)18-10-6-3-7-11-18/h2-15,19-20H,1H2. The molecule has 98 valence electrons. The molecule has 0 radical (unpaired) electrons. The minimum atomic E-state index is 0.359. The Bertz CT molecular complexity index is 577. The Morgan fingerprint density at radius 2 is 1.15 bits per heavy atom. The predicted octanol–water partition coefficient (Wildman–Crippen LogP) is 5.12. The molecule has 0 unspecified atom stereocenters. The van der Waals surface area contributed by atoms with E-state index in [1.165, 1.54) is 11.1 Å². The normalized spacial score (nSPS) is 14.9. The van der Waals surface area contributed by atoms with Crippen LogP contribution >= 0.6 is 0 Å². The minimum absolute atomic E-state index is 0.359. The fourth-order valence-corrected chi connectivity index (χ4v) is 2.77. The molecule has 2 aromatic rings. The Morgan fingerprint density at radius 3 is 1.60 bits per heavy atom. The number of hydrogen-bond donors (Lipinski definition) is 0. The van der Waals surface area contributed by atoms with Crippen LogP contribution in [0.25, 0.3) is 0 Å². The summed E-state index contributed by atoms with van der Waals surface area (Å²) in [5, 5.41) is 0. The van der Waals surface area contributed by atoms with Gasteiger partial charge in [0.15, 0.2) is 0 Å². The zero-order valence-electron chi connectivity index (χ0n) is 11.4. The molecular formula is C20H18. The van der Waals surface area contributed by atoms with E-state index in [1.54, 1.807) is 0 Å². The maximum atomic E-state index is 3.98. The van der Waals surface area contributed by atoms with Crippen LogP contribution in [0.4, 0.5) is 0 Å². The quantitative estimate of drug-likeness (QED) is 0.717. The molecule has 0 N–H and O–H groups in total. The third-order valence-electron chi connectivity index (χ3n) is 3.77. The molecule has 20 heavy (non-hydrogen) atoms. The zero-order valence-corrected chi connectivity index (χ0v) is 11.4. The molecular weight excluding hydrogens is 240 g/mol. The number of allylic oxidation sites excluding steroid dienone is 5. The lowest BCUT2D eigenvalue weighted by molar-refractivity contribution is 0.681. The highest BCUT2D eigenvalue weighted by atomic mass is 14.2. The van der Waals surface area contributed by atoms with E-state index in [9.17, 15) is 0 Å². The van der Waals surface area contributed by atoms with E-state index in [-0.39, 0.29) is 0 Å². The van der Waals surface area contributed by atoms with Crippen LogP contribution in [0.3, 0.4) is 0 Å². The fraction of sp³-hybridized carbons (Fsp3) is 0.100. The molecule has 0 aliphatic heterocycles. The molecule has 3 rings (SSSR count). The molecule has 0 atom stereocenters. The second kappa shape index (κ2) is 5.75. The topological polar surface area (TPSA) is 0 Å². The third-order valence-corrected chi connectivity index (χ3v) is 3.77. The Kier molecular flexibility index (Phi) is 3.64. The molecule has 0 nitrogen and oxygen atoms in total. The van der Waals surface area contributed by atoms with Crippen LogP contribution in [0.15, 0.2) is 97.1 Å². The lowest BCUT2D eigenvalue weighted by Gasteiger charge is -2.25. The van der Waals surface area contributed by atoms with Crippen molar-refractivity contribution >= 4 is 0 Å². The van der Waals surface area contributed by atoms with Crippen LogP contribution in [0, 0.1) is 5.92 Å². The van der Waals surface area contributed by atoms with Crippen LogP contribution in [-0.4, -0.2) is 0 Å². The van der Waals surface area contributed by atoms with E-state index >= 15 is 0 Å². The molecule has 2 aromatic carbocycles. The average molecular weight is 258 g/mol. The van der Waals surface area contributed by atoms with Gasteiger partial charge in [0.05, 0.1) is 0 Å². The van der Waals surface area contributed by atoms with Crippen LogP contribution < -0.4 is 0 Å². The molecule has 0 bridgehead atoms. The highest BCUT2D eigenvalue weighted by Gasteiger charge is 2.21. The van der Waals surface area contributed by atoms with Gasteiger partial charge in [-0.1, -0.05) is 91.5 Å². The van der Waals surface area contributed by atoms with Crippen LogP contribution in [0.2, 0.25) is 0 Å². The molecule has 0 saturated carbocycles. The van der Waals surface area contributed by atoms with Crippen LogP contribution in [0.1, 0.15) is 17.0 Å². The van der Waals surface area contributed by atoms with Gasteiger partial charge in [0.1, 0.15) is 0 Å². The largest absolute Gasteiger partial charge is 0.0918 e. The van der Waals surface area contributed by atoms with E-state index in [4.69, 9.17) is 0 Å². The maximum absolute atomic E-state index is 3.98. The van der Waals surface area contributed by atoms with Crippen molar-refractivity contribution in [3.8, 4) is 0 Å². The molecule has 0 heteroatoms. The van der Waals surface area contributed by atoms with E-state index in [0.29, 0.717) is 11.8 Å². The molecule has 1 aliphatic carbocycles. The van der Waals surface area contributed by atoms with Gasteiger partial charge < -0.3 is 0 Å². The molecule has 0 amide bonds. The van der Waals surface area contributed by atoms with Gasteiger partial charge in [-0.3, -0.25) is 0 Å². The Balaban J connectivity index is 2.03.